The van der Waals surface area contributed by atoms with Gasteiger partial charge in [0.05, 0.1) is 52.1 Å². The number of amides is 5. The normalized spacial score (nSPS) is 21.4. The summed E-state index contributed by atoms with van der Waals surface area (Å²) in [5.41, 5.74) is -1.19. The highest BCUT2D eigenvalue weighted by Crippen LogP contribution is 2.40. The van der Waals surface area contributed by atoms with Crippen LogP contribution in [0.5, 0.6) is 17.4 Å². The number of hydrogen-bond donors (Lipinski definition) is 5. The molecule has 7 rings (SSSR count). The summed E-state index contributed by atoms with van der Waals surface area (Å²) in [6.07, 6.45) is 6.61. The molecular formula is C53H63ClF4N8O10S. The number of rotatable bonds is 23. The summed E-state index contributed by atoms with van der Waals surface area (Å²) in [5, 5.41) is 10.5. The molecule has 0 spiro atoms. The lowest BCUT2D eigenvalue weighted by atomic mass is 9.85. The number of benzene rings is 2. The van der Waals surface area contributed by atoms with Crippen LogP contribution in [0.1, 0.15) is 105 Å². The summed E-state index contributed by atoms with van der Waals surface area (Å²) in [6, 6.07) is 12.5. The lowest BCUT2D eigenvalue weighted by molar-refractivity contribution is -0.141. The largest absolute Gasteiger partial charge is 0.489 e. The molecule has 0 radical (unpaired) electrons. The van der Waals surface area contributed by atoms with Gasteiger partial charge in [0.2, 0.25) is 29.5 Å². The first-order valence-corrected chi connectivity index (χ1v) is 27.8. The third-order valence-corrected chi connectivity index (χ3v) is 15.1. The van der Waals surface area contributed by atoms with E-state index in [0.717, 1.165) is 55.5 Å². The number of aromatic nitrogens is 2. The van der Waals surface area contributed by atoms with E-state index in [2.05, 4.69) is 31.2 Å². The molecular weight excluding hydrogens is 1050 g/mol. The van der Waals surface area contributed by atoms with E-state index in [9.17, 15) is 45.7 Å². The highest BCUT2D eigenvalue weighted by atomic mass is 35.5. The topological polar surface area (TPSA) is 240 Å². The van der Waals surface area contributed by atoms with Crippen LogP contribution in [-0.2, 0) is 44.6 Å². The van der Waals surface area contributed by atoms with E-state index < -0.39 is 55.7 Å². The molecule has 77 heavy (non-hydrogen) atoms. The minimum Gasteiger partial charge on any atom is -0.489 e. The Morgan fingerprint density at radius 2 is 1.57 bits per heavy atom. The van der Waals surface area contributed by atoms with Gasteiger partial charge in [-0.3, -0.25) is 29.0 Å². The van der Waals surface area contributed by atoms with E-state index in [4.69, 9.17) is 35.3 Å². The van der Waals surface area contributed by atoms with Gasteiger partial charge in [0, 0.05) is 86.8 Å². The molecule has 2 aromatic carbocycles. The van der Waals surface area contributed by atoms with Crippen LogP contribution in [0.15, 0.2) is 78.0 Å². The summed E-state index contributed by atoms with van der Waals surface area (Å²) in [4.78, 5) is 74.1. The van der Waals surface area contributed by atoms with E-state index in [-0.39, 0.29) is 102 Å². The van der Waals surface area contributed by atoms with Crippen LogP contribution in [0, 0.1) is 22.4 Å². The van der Waals surface area contributed by atoms with Crippen LogP contribution in [0.3, 0.4) is 0 Å². The maximum Gasteiger partial charge on any atom is 0.434 e. The second-order valence-electron chi connectivity index (χ2n) is 19.4. The molecule has 0 bridgehead atoms. The minimum absolute atomic E-state index is 0.0541. The summed E-state index contributed by atoms with van der Waals surface area (Å²) in [5.74, 6) is -4.37. The lowest BCUT2D eigenvalue weighted by Gasteiger charge is -2.29. The van der Waals surface area contributed by atoms with Gasteiger partial charge in [-0.25, -0.2) is 18.4 Å². The Kier molecular flexibility index (Phi) is 20.2. The van der Waals surface area contributed by atoms with Crippen LogP contribution in [0.4, 0.5) is 23.2 Å². The quantitative estimate of drug-likeness (QED) is 0.0348. The Bertz CT molecular complexity index is 2840. The van der Waals surface area contributed by atoms with E-state index in [1.807, 2.05) is 6.07 Å². The summed E-state index contributed by atoms with van der Waals surface area (Å²) >= 11 is 5.93. The van der Waals surface area contributed by atoms with E-state index >= 15 is 0 Å². The number of alkyl halides is 3. The average Bonchev–Trinajstić information content (AvgIpc) is 3.71. The molecule has 24 heteroatoms. The van der Waals surface area contributed by atoms with Crippen molar-refractivity contribution in [2.24, 2.45) is 11.8 Å². The Balaban J connectivity index is 0.760. The van der Waals surface area contributed by atoms with E-state index in [1.54, 1.807) is 30.4 Å². The van der Waals surface area contributed by atoms with Crippen molar-refractivity contribution in [1.82, 2.24) is 30.8 Å². The summed E-state index contributed by atoms with van der Waals surface area (Å²) in [6.45, 7) is 1.27. The van der Waals surface area contributed by atoms with Crippen molar-refractivity contribution in [3.63, 3.8) is 0 Å². The van der Waals surface area contributed by atoms with Crippen LogP contribution in [0.25, 0.3) is 0 Å². The van der Waals surface area contributed by atoms with Gasteiger partial charge in [-0.05, 0) is 112 Å². The Labute approximate surface area is 449 Å². The van der Waals surface area contributed by atoms with Gasteiger partial charge in [0.15, 0.2) is 17.2 Å². The molecule has 5 amide bonds. The van der Waals surface area contributed by atoms with E-state index in [0.29, 0.717) is 58.3 Å². The number of likely N-dealkylation sites (tertiary alicyclic amines) is 1. The fraction of sp³-hybridized carbons (Fsp3) is 0.491. The van der Waals surface area contributed by atoms with Crippen molar-refractivity contribution >= 4 is 56.6 Å². The van der Waals surface area contributed by atoms with Crippen molar-refractivity contribution in [3.05, 3.63) is 101 Å². The zero-order valence-corrected chi connectivity index (χ0v) is 44.2. The van der Waals surface area contributed by atoms with Crippen molar-refractivity contribution in [2.45, 2.75) is 112 Å². The number of ether oxygens (including phenoxy) is 4. The molecule has 416 valence electrons. The lowest BCUT2D eigenvalue weighted by Crippen LogP contribution is -2.41. The number of carbonyl (C=O) groups excluding carboxylic acids is 5. The zero-order valence-electron chi connectivity index (χ0n) is 42.6. The summed E-state index contributed by atoms with van der Waals surface area (Å²) in [7, 11) is -1.47. The predicted molar refractivity (Wildman–Crippen MR) is 275 cm³/mol. The third kappa shape index (κ3) is 16.5. The standard InChI is InChI=1S/C53H63ClF4N8O10S/c1-66-46(68)30-40(47(66)33-7-4-21-60-31-33)50(70)62-23-26-74-38-18-16-37(17-19-38)73-24-5-10-45(67)63-35-14-11-32(12-15-35)49(69)61-22-6-25-75-44-27-34(55)13-20-43(44)76-52-41(29-42(54)48(65-52)53(56,57)58)51(71)64-36-8-3-9-39(28-36)77(2,59)72/h3-4,7-9,13,20-21,27-29,31-32,35,37-38,40,47,59H,5-6,10-12,14-19,22-26,30H2,1-2H3,(H,61,69)(H,62,70)(H,63,67)(H,64,71)/t32?,35?,37?,38?,40-,47+,77+/m0/s1. The molecule has 0 unspecified atom stereocenters. The maximum absolute atomic E-state index is 14.5. The van der Waals surface area contributed by atoms with Crippen LogP contribution in [-0.4, -0.2) is 113 Å². The SMILES string of the molecule is CN1C(=O)C[C@H](C(=O)NCCOC2CCC(OCCCC(=O)NC3CCC(C(=O)NCCCOc4cc(F)ccc4Oc4nc(C(F)(F)F)c(Cl)cc4C(=O)Nc4cccc([S@](C)(=N)=O)c4)CC3)CC2)[C@H]1c1cccnc1. The number of pyridine rings is 2. The number of carbonyl (C=O) groups is 5. The van der Waals surface area contributed by atoms with Crippen LogP contribution < -0.4 is 30.7 Å². The Morgan fingerprint density at radius 3 is 2.26 bits per heavy atom. The molecule has 3 fully saturated rings. The Hall–Kier alpha value is -6.43. The molecule has 4 aromatic rings. The molecule has 5 N–H and O–H groups in total. The fourth-order valence-corrected chi connectivity index (χ4v) is 10.6. The van der Waals surface area contributed by atoms with Crippen molar-refractivity contribution in [2.75, 3.05) is 51.5 Å². The van der Waals surface area contributed by atoms with Crippen molar-refractivity contribution in [3.8, 4) is 17.4 Å². The molecule has 2 saturated carbocycles. The van der Waals surface area contributed by atoms with E-state index in [1.165, 1.54) is 30.5 Å². The van der Waals surface area contributed by atoms with Gasteiger partial charge in [-0.2, -0.15) is 13.2 Å². The zero-order chi connectivity index (χ0) is 55.3. The number of anilines is 1. The molecule has 1 saturated heterocycles. The van der Waals surface area contributed by atoms with Gasteiger partial charge >= 0.3 is 6.18 Å². The van der Waals surface area contributed by atoms with Crippen LogP contribution >= 0.6 is 11.6 Å². The van der Waals surface area contributed by atoms with Crippen LogP contribution in [0.2, 0.25) is 5.02 Å². The smallest absolute Gasteiger partial charge is 0.434 e. The first-order valence-electron chi connectivity index (χ1n) is 25.5. The average molecular weight is 1120 g/mol. The second kappa shape index (κ2) is 26.8. The minimum atomic E-state index is -5.05. The number of nitrogens with zero attached hydrogens (tertiary/aromatic N) is 3. The molecule has 1 aliphatic heterocycles. The maximum atomic E-state index is 14.5. The van der Waals surface area contributed by atoms with Gasteiger partial charge < -0.3 is 45.1 Å². The number of hydrogen-bond acceptors (Lipinski definition) is 13. The first-order chi connectivity index (χ1) is 36.7. The number of nitrogens with one attached hydrogen (secondary N) is 5. The predicted octanol–water partition coefficient (Wildman–Crippen LogP) is 8.39. The molecule has 3 aliphatic rings. The Morgan fingerprint density at radius 1 is 0.857 bits per heavy atom. The molecule has 18 nitrogen and oxygen atoms in total. The highest BCUT2D eigenvalue weighted by molar-refractivity contribution is 7.91. The number of halogens is 5. The van der Waals surface area contributed by atoms with Gasteiger partial charge in [0.1, 0.15) is 11.4 Å². The van der Waals surface area contributed by atoms with Crippen molar-refractivity contribution < 1.29 is 64.7 Å². The molecule has 3 heterocycles. The summed E-state index contributed by atoms with van der Waals surface area (Å²) < 4.78 is 99.9. The third-order valence-electron chi connectivity index (χ3n) is 13.7. The van der Waals surface area contributed by atoms with Gasteiger partial charge in [-0.15, -0.1) is 0 Å². The monoisotopic (exact) mass is 1110 g/mol. The molecule has 3 atom stereocenters. The molecule has 2 aliphatic carbocycles. The fourth-order valence-electron chi connectivity index (χ4n) is 9.61. The van der Waals surface area contributed by atoms with Crippen molar-refractivity contribution in [1.29, 1.82) is 4.78 Å². The highest BCUT2D eigenvalue weighted by Gasteiger charge is 2.43. The van der Waals surface area contributed by atoms with Gasteiger partial charge in [-0.1, -0.05) is 23.7 Å². The first kappa shape index (κ1) is 58.3. The van der Waals surface area contributed by atoms with Gasteiger partial charge in [0.25, 0.3) is 5.91 Å². The molecule has 2 aromatic heterocycles. The second-order valence-corrected chi connectivity index (χ2v) is 21.9.